The number of hydrogen-bond donors (Lipinski definition) is 0. The van der Waals surface area contributed by atoms with Crippen molar-refractivity contribution in [1.29, 1.82) is 0 Å². The fourth-order valence-electron chi connectivity index (χ4n) is 0.337. The predicted octanol–water partition coefficient (Wildman–Crippen LogP) is 3.20. The summed E-state index contributed by atoms with van der Waals surface area (Å²) in [5.74, 6) is -0.0967. The first kappa shape index (κ1) is 10.4. The summed E-state index contributed by atoms with van der Waals surface area (Å²) in [6.45, 7) is 3.84. The normalized spacial score (nSPS) is 10.5. The van der Waals surface area contributed by atoms with Crippen LogP contribution in [-0.2, 0) is 4.74 Å². The fourth-order valence-corrected chi connectivity index (χ4v) is 0.469. The van der Waals surface area contributed by atoms with Gasteiger partial charge in [0.1, 0.15) is 5.76 Å². The van der Waals surface area contributed by atoms with E-state index in [1.165, 1.54) is 12.2 Å². The molecule has 1 nitrogen and oxygen atoms in total. The van der Waals surface area contributed by atoms with E-state index in [1.54, 1.807) is 0 Å². The Morgan fingerprint density at radius 1 is 1.36 bits per heavy atom. The lowest BCUT2D eigenvalue weighted by atomic mass is 10.4. The van der Waals surface area contributed by atoms with E-state index in [0.717, 1.165) is 0 Å². The van der Waals surface area contributed by atoms with E-state index >= 15 is 0 Å². The first-order chi connectivity index (χ1) is 5.02. The van der Waals surface area contributed by atoms with Crippen molar-refractivity contribution < 1.29 is 13.5 Å². The van der Waals surface area contributed by atoms with Crippen molar-refractivity contribution in [2.75, 3.05) is 0 Å². The molecular weight excluding hydrogens is 218 g/mol. The van der Waals surface area contributed by atoms with Gasteiger partial charge in [-0.15, -0.1) is 0 Å². The summed E-state index contributed by atoms with van der Waals surface area (Å²) in [5.41, 5.74) is 0. The van der Waals surface area contributed by atoms with Gasteiger partial charge in [0.05, 0.1) is 0 Å². The number of ether oxygens (including phenoxy) is 1. The summed E-state index contributed by atoms with van der Waals surface area (Å²) in [6, 6.07) is 0. The molecule has 0 fully saturated rings. The van der Waals surface area contributed by atoms with Crippen molar-refractivity contribution in [2.24, 2.45) is 0 Å². The lowest BCUT2D eigenvalue weighted by molar-refractivity contribution is -0.0915. The molecule has 0 aliphatic carbocycles. The molecule has 0 saturated carbocycles. The predicted molar refractivity (Wildman–Crippen MR) is 43.4 cm³/mol. The van der Waals surface area contributed by atoms with Crippen LogP contribution in [0.15, 0.2) is 35.6 Å². The highest BCUT2D eigenvalue weighted by Gasteiger charge is 2.00. The Hall–Kier alpha value is -0.640. The average Bonchev–Trinajstić information content (AvgIpc) is 1.82. The molecule has 4 heteroatoms. The first-order valence-corrected chi connectivity index (χ1v) is 3.48. The van der Waals surface area contributed by atoms with Crippen LogP contribution in [0.3, 0.4) is 0 Å². The third-order valence-corrected chi connectivity index (χ3v) is 0.955. The average molecular weight is 225 g/mol. The van der Waals surface area contributed by atoms with Crippen molar-refractivity contribution in [2.45, 2.75) is 6.61 Å². The largest absolute Gasteiger partial charge is 0.435 e. The van der Waals surface area contributed by atoms with E-state index in [1.807, 2.05) is 0 Å². The van der Waals surface area contributed by atoms with Crippen LogP contribution in [0.1, 0.15) is 0 Å². The molecule has 0 aromatic rings. The highest BCUT2D eigenvalue weighted by atomic mass is 79.9. The number of alkyl halides is 2. The zero-order chi connectivity index (χ0) is 8.85. The maximum absolute atomic E-state index is 11.5. The third-order valence-electron chi connectivity index (χ3n) is 0.691. The van der Waals surface area contributed by atoms with Crippen LogP contribution in [0.5, 0.6) is 0 Å². The third kappa shape index (κ3) is 7.25. The SMILES string of the molecule is C=C(Br)/C=C\C(=C)OC(F)F. The Morgan fingerprint density at radius 3 is 2.27 bits per heavy atom. The first-order valence-electron chi connectivity index (χ1n) is 2.68. The van der Waals surface area contributed by atoms with Gasteiger partial charge < -0.3 is 4.74 Å². The smallest absolute Gasteiger partial charge is 0.387 e. The molecule has 0 rings (SSSR count). The van der Waals surface area contributed by atoms with E-state index in [9.17, 15) is 8.78 Å². The van der Waals surface area contributed by atoms with Crippen molar-refractivity contribution in [1.82, 2.24) is 0 Å². The van der Waals surface area contributed by atoms with Crippen LogP contribution in [0.2, 0.25) is 0 Å². The molecular formula is C7H7BrF2O. The molecule has 0 aliphatic heterocycles. The molecule has 0 aromatic heterocycles. The van der Waals surface area contributed by atoms with Gasteiger partial charge in [-0.25, -0.2) is 0 Å². The van der Waals surface area contributed by atoms with Crippen LogP contribution in [0, 0.1) is 0 Å². The van der Waals surface area contributed by atoms with E-state index < -0.39 is 6.61 Å². The number of hydrogen-bond acceptors (Lipinski definition) is 1. The number of halogens is 3. The highest BCUT2D eigenvalue weighted by Crippen LogP contribution is 2.08. The molecule has 0 heterocycles. The summed E-state index contributed by atoms with van der Waals surface area (Å²) < 4.78 is 27.4. The molecule has 0 bridgehead atoms. The molecule has 0 unspecified atom stereocenters. The Bertz CT molecular complexity index is 187. The Labute approximate surface area is 72.2 Å². The van der Waals surface area contributed by atoms with Gasteiger partial charge >= 0.3 is 6.61 Å². The Morgan fingerprint density at radius 2 is 1.91 bits per heavy atom. The Kier molecular flexibility index (Phi) is 4.77. The van der Waals surface area contributed by atoms with Crippen LogP contribution in [-0.4, -0.2) is 6.61 Å². The lowest BCUT2D eigenvalue weighted by Crippen LogP contribution is -1.95. The van der Waals surface area contributed by atoms with Gasteiger partial charge in [-0.05, 0) is 12.2 Å². The molecule has 0 atom stereocenters. The molecule has 0 amide bonds. The van der Waals surface area contributed by atoms with Gasteiger partial charge in [0.25, 0.3) is 0 Å². The van der Waals surface area contributed by atoms with Crippen molar-refractivity contribution in [3.8, 4) is 0 Å². The quantitative estimate of drug-likeness (QED) is 0.527. The topological polar surface area (TPSA) is 9.23 Å². The van der Waals surface area contributed by atoms with Crippen molar-refractivity contribution in [3.63, 3.8) is 0 Å². The van der Waals surface area contributed by atoms with E-state index in [-0.39, 0.29) is 5.76 Å². The van der Waals surface area contributed by atoms with E-state index in [0.29, 0.717) is 4.48 Å². The second kappa shape index (κ2) is 5.07. The van der Waals surface area contributed by atoms with Gasteiger partial charge in [-0.2, -0.15) is 8.78 Å². The van der Waals surface area contributed by atoms with E-state index in [2.05, 4.69) is 33.8 Å². The Balaban J connectivity index is 3.78. The zero-order valence-corrected chi connectivity index (χ0v) is 7.27. The number of rotatable bonds is 4. The van der Waals surface area contributed by atoms with Gasteiger partial charge in [-0.1, -0.05) is 29.1 Å². The minimum atomic E-state index is -2.82. The summed E-state index contributed by atoms with van der Waals surface area (Å²) in [7, 11) is 0. The van der Waals surface area contributed by atoms with Gasteiger partial charge in [0.2, 0.25) is 0 Å². The molecule has 0 aliphatic rings. The minimum Gasteiger partial charge on any atom is -0.435 e. The van der Waals surface area contributed by atoms with Gasteiger partial charge in [0.15, 0.2) is 0 Å². The summed E-state index contributed by atoms with van der Waals surface area (Å²) in [4.78, 5) is 0. The summed E-state index contributed by atoms with van der Waals surface area (Å²) in [5, 5.41) is 0. The van der Waals surface area contributed by atoms with Crippen molar-refractivity contribution in [3.05, 3.63) is 35.6 Å². The minimum absolute atomic E-state index is 0.0967. The van der Waals surface area contributed by atoms with E-state index in [4.69, 9.17) is 0 Å². The molecule has 0 saturated heterocycles. The maximum Gasteiger partial charge on any atom is 0.387 e. The van der Waals surface area contributed by atoms with Crippen LogP contribution < -0.4 is 0 Å². The fraction of sp³-hybridized carbons (Fsp3) is 0.143. The molecule has 0 spiro atoms. The summed E-state index contributed by atoms with van der Waals surface area (Å²) >= 11 is 3.00. The lowest BCUT2D eigenvalue weighted by Gasteiger charge is -2.01. The van der Waals surface area contributed by atoms with Gasteiger partial charge in [0, 0.05) is 4.48 Å². The molecule has 0 aromatic carbocycles. The molecule has 62 valence electrons. The maximum atomic E-state index is 11.5. The molecule has 0 N–H and O–H groups in total. The van der Waals surface area contributed by atoms with Crippen LogP contribution >= 0.6 is 15.9 Å². The monoisotopic (exact) mass is 224 g/mol. The second-order valence-electron chi connectivity index (χ2n) is 1.63. The van der Waals surface area contributed by atoms with Crippen LogP contribution in [0.25, 0.3) is 0 Å². The standard InChI is InChI=1S/C7H7BrF2O/c1-5(8)3-4-6(2)11-7(9)10/h3-4,7H,1-2H2/b4-3-. The summed E-state index contributed by atoms with van der Waals surface area (Å²) in [6.07, 6.45) is 2.76. The molecule has 0 radical (unpaired) electrons. The number of allylic oxidation sites excluding steroid dienone is 3. The zero-order valence-electron chi connectivity index (χ0n) is 5.69. The van der Waals surface area contributed by atoms with Gasteiger partial charge in [-0.3, -0.25) is 0 Å². The van der Waals surface area contributed by atoms with Crippen molar-refractivity contribution >= 4 is 15.9 Å². The van der Waals surface area contributed by atoms with Crippen LogP contribution in [0.4, 0.5) is 8.78 Å². The highest BCUT2D eigenvalue weighted by molar-refractivity contribution is 9.11. The molecule has 11 heavy (non-hydrogen) atoms. The second-order valence-corrected chi connectivity index (χ2v) is 2.64.